The number of rotatable bonds is 5. The number of pyridine rings is 1. The first-order valence-electron chi connectivity index (χ1n) is 7.70. The van der Waals surface area contributed by atoms with Gasteiger partial charge in [-0.2, -0.15) is 0 Å². The number of hydrogen-bond donors (Lipinski definition) is 1. The van der Waals surface area contributed by atoms with Gasteiger partial charge in [-0.25, -0.2) is 9.78 Å². The second kappa shape index (κ2) is 7.06. The number of benzene rings is 2. The van der Waals surface area contributed by atoms with Gasteiger partial charge in [0.15, 0.2) is 0 Å². The molecular formula is C20H14NO5-. The van der Waals surface area contributed by atoms with E-state index in [4.69, 9.17) is 9.84 Å². The van der Waals surface area contributed by atoms with E-state index in [1.54, 1.807) is 30.3 Å². The lowest BCUT2D eigenvalue weighted by Crippen LogP contribution is -2.15. The van der Waals surface area contributed by atoms with Crippen molar-refractivity contribution in [3.8, 4) is 11.5 Å². The van der Waals surface area contributed by atoms with E-state index in [2.05, 4.69) is 4.98 Å². The molecule has 6 nitrogen and oxygen atoms in total. The van der Waals surface area contributed by atoms with Gasteiger partial charge in [0, 0.05) is 5.39 Å². The molecule has 6 heteroatoms. The summed E-state index contributed by atoms with van der Waals surface area (Å²) in [4.78, 5) is 27.8. The number of nitrogens with zero attached hydrogens (tertiary/aromatic N) is 1. The van der Waals surface area contributed by atoms with E-state index in [9.17, 15) is 14.7 Å². The van der Waals surface area contributed by atoms with Crippen molar-refractivity contribution in [1.29, 1.82) is 0 Å². The molecule has 1 heterocycles. The third kappa shape index (κ3) is 3.39. The van der Waals surface area contributed by atoms with Gasteiger partial charge in [-0.05, 0) is 29.8 Å². The van der Waals surface area contributed by atoms with Crippen molar-refractivity contribution >= 4 is 34.3 Å². The van der Waals surface area contributed by atoms with Crippen LogP contribution in [0.1, 0.15) is 11.3 Å². The van der Waals surface area contributed by atoms with Crippen LogP contribution < -0.4 is 9.84 Å². The molecule has 0 bridgehead atoms. The lowest BCUT2D eigenvalue weighted by Gasteiger charge is -2.13. The highest BCUT2D eigenvalue weighted by Gasteiger charge is 2.21. The Morgan fingerprint density at radius 2 is 1.88 bits per heavy atom. The Bertz CT molecular complexity index is 1040. The number of Topliss-reactive ketones (excluding diaryl/α,β-unsaturated/α-hetero) is 1. The molecular weight excluding hydrogens is 334 g/mol. The molecule has 26 heavy (non-hydrogen) atoms. The molecule has 0 amide bonds. The molecule has 0 fully saturated rings. The highest BCUT2D eigenvalue weighted by Crippen LogP contribution is 2.27. The Kier molecular flexibility index (Phi) is 4.66. The van der Waals surface area contributed by atoms with Crippen LogP contribution in [0.25, 0.3) is 22.6 Å². The Labute approximate surface area is 149 Å². The average molecular weight is 348 g/mol. The van der Waals surface area contributed by atoms with Crippen molar-refractivity contribution in [1.82, 2.24) is 4.98 Å². The SMILES string of the molecule is COc1ccc(/C=C(\C(=O)C(=O)O)c2ccc3ccccc3n2)cc1[O-]. The third-order valence-electron chi connectivity index (χ3n) is 3.81. The van der Waals surface area contributed by atoms with Crippen LogP contribution in [0.4, 0.5) is 0 Å². The lowest BCUT2D eigenvalue weighted by atomic mass is 10.0. The summed E-state index contributed by atoms with van der Waals surface area (Å²) in [7, 11) is 1.38. The molecule has 0 saturated carbocycles. The van der Waals surface area contributed by atoms with E-state index >= 15 is 0 Å². The maximum atomic E-state index is 12.2. The number of carbonyl (C=O) groups excluding carboxylic acids is 1. The molecule has 0 radical (unpaired) electrons. The minimum Gasteiger partial charge on any atom is -0.870 e. The van der Waals surface area contributed by atoms with E-state index in [1.807, 2.05) is 12.1 Å². The van der Waals surface area contributed by atoms with Crippen LogP contribution in [0.3, 0.4) is 0 Å². The molecule has 0 spiro atoms. The monoisotopic (exact) mass is 348 g/mol. The number of carboxylic acid groups (broad SMARTS) is 1. The number of ether oxygens (including phenoxy) is 1. The van der Waals surface area contributed by atoms with E-state index in [1.165, 1.54) is 25.3 Å². The van der Waals surface area contributed by atoms with Gasteiger partial charge >= 0.3 is 5.97 Å². The van der Waals surface area contributed by atoms with Crippen LogP contribution in [-0.2, 0) is 9.59 Å². The zero-order chi connectivity index (χ0) is 18.7. The number of para-hydroxylation sites is 1. The normalized spacial score (nSPS) is 11.3. The number of fused-ring (bicyclic) bond motifs is 1. The second-order valence-corrected chi connectivity index (χ2v) is 5.49. The van der Waals surface area contributed by atoms with Crippen LogP contribution in [0.2, 0.25) is 0 Å². The first kappa shape index (κ1) is 17.2. The molecule has 1 aromatic heterocycles. The Hall–Kier alpha value is -3.67. The fraction of sp³-hybridized carbons (Fsp3) is 0.0500. The summed E-state index contributed by atoms with van der Waals surface area (Å²) >= 11 is 0. The van der Waals surface area contributed by atoms with Crippen molar-refractivity contribution in [2.24, 2.45) is 0 Å². The highest BCUT2D eigenvalue weighted by atomic mass is 16.5. The number of hydrogen-bond acceptors (Lipinski definition) is 5. The molecule has 0 aliphatic rings. The number of carbonyl (C=O) groups is 2. The second-order valence-electron chi connectivity index (χ2n) is 5.49. The van der Waals surface area contributed by atoms with Crippen molar-refractivity contribution in [3.63, 3.8) is 0 Å². The first-order valence-corrected chi connectivity index (χ1v) is 7.70. The summed E-state index contributed by atoms with van der Waals surface area (Å²) in [6, 6.07) is 14.9. The van der Waals surface area contributed by atoms with Gasteiger partial charge < -0.3 is 14.9 Å². The summed E-state index contributed by atoms with van der Waals surface area (Å²) in [6.07, 6.45) is 1.34. The molecule has 0 aliphatic heterocycles. The van der Waals surface area contributed by atoms with Crippen LogP contribution in [-0.4, -0.2) is 29.0 Å². The van der Waals surface area contributed by atoms with Gasteiger partial charge in [0.2, 0.25) is 0 Å². The fourth-order valence-electron chi connectivity index (χ4n) is 2.54. The Balaban J connectivity index is 2.14. The van der Waals surface area contributed by atoms with Crippen molar-refractivity contribution < 1.29 is 24.5 Å². The Morgan fingerprint density at radius 3 is 2.58 bits per heavy atom. The fourth-order valence-corrected chi connectivity index (χ4v) is 2.54. The molecule has 3 aromatic rings. The maximum Gasteiger partial charge on any atom is 0.377 e. The van der Waals surface area contributed by atoms with E-state index in [0.29, 0.717) is 11.1 Å². The maximum absolute atomic E-state index is 12.2. The lowest BCUT2D eigenvalue weighted by molar-refractivity contribution is -0.270. The minimum absolute atomic E-state index is 0.104. The summed E-state index contributed by atoms with van der Waals surface area (Å²) in [5, 5.41) is 21.9. The van der Waals surface area contributed by atoms with Crippen molar-refractivity contribution in [2.75, 3.05) is 7.11 Å². The van der Waals surface area contributed by atoms with Crippen molar-refractivity contribution in [3.05, 3.63) is 65.9 Å². The number of ketones is 1. The summed E-state index contributed by atoms with van der Waals surface area (Å²) < 4.78 is 4.92. The van der Waals surface area contributed by atoms with Gasteiger partial charge in [0.1, 0.15) is 5.75 Å². The number of aliphatic carboxylic acids is 1. The van der Waals surface area contributed by atoms with Crippen molar-refractivity contribution in [2.45, 2.75) is 0 Å². The quantitative estimate of drug-likeness (QED) is 0.562. The Morgan fingerprint density at radius 1 is 1.12 bits per heavy atom. The molecule has 3 rings (SSSR count). The first-order chi connectivity index (χ1) is 12.5. The van der Waals surface area contributed by atoms with Gasteiger partial charge in [0.05, 0.1) is 23.9 Å². The number of carboxylic acids is 1. The van der Waals surface area contributed by atoms with Gasteiger partial charge in [-0.3, -0.25) is 4.79 Å². The standard InChI is InChI=1S/C20H15NO5/c1-26-18-9-6-12(11-17(18)22)10-14(19(23)20(24)25)16-8-7-13-4-2-3-5-15(13)21-16/h2-11,22H,1H3,(H,24,25)/p-1/b14-10-. The highest BCUT2D eigenvalue weighted by molar-refractivity contribution is 6.52. The van der Waals surface area contributed by atoms with Crippen LogP contribution in [0, 0.1) is 0 Å². The summed E-state index contributed by atoms with van der Waals surface area (Å²) in [5.41, 5.74) is 1.14. The molecule has 2 aromatic carbocycles. The predicted molar refractivity (Wildman–Crippen MR) is 94.7 cm³/mol. The average Bonchev–Trinajstić information content (AvgIpc) is 2.65. The van der Waals surface area contributed by atoms with E-state index < -0.39 is 11.8 Å². The van der Waals surface area contributed by atoms with Gasteiger partial charge in [-0.1, -0.05) is 42.1 Å². The largest absolute Gasteiger partial charge is 0.870 e. The molecule has 0 atom stereocenters. The molecule has 130 valence electrons. The molecule has 0 unspecified atom stereocenters. The third-order valence-corrected chi connectivity index (χ3v) is 3.81. The zero-order valence-corrected chi connectivity index (χ0v) is 13.8. The predicted octanol–water partition coefficient (Wildman–Crippen LogP) is 2.51. The summed E-state index contributed by atoms with van der Waals surface area (Å²) in [5.74, 6) is -2.90. The van der Waals surface area contributed by atoms with Gasteiger partial charge in [-0.15, -0.1) is 0 Å². The van der Waals surface area contributed by atoms with Gasteiger partial charge in [0.25, 0.3) is 5.78 Å². The number of methoxy groups -OCH3 is 1. The van der Waals surface area contributed by atoms with Crippen LogP contribution in [0.5, 0.6) is 11.5 Å². The smallest absolute Gasteiger partial charge is 0.377 e. The number of aromatic nitrogens is 1. The van der Waals surface area contributed by atoms with Crippen LogP contribution in [0.15, 0.2) is 54.6 Å². The topological polar surface area (TPSA) is 99.6 Å². The van der Waals surface area contributed by atoms with E-state index in [0.717, 1.165) is 5.39 Å². The molecule has 0 saturated heterocycles. The molecule has 0 aliphatic carbocycles. The zero-order valence-electron chi connectivity index (χ0n) is 13.8. The summed E-state index contributed by atoms with van der Waals surface area (Å²) in [6.45, 7) is 0. The minimum atomic E-state index is -1.60. The van der Waals surface area contributed by atoms with E-state index in [-0.39, 0.29) is 22.8 Å². The van der Waals surface area contributed by atoms with Crippen LogP contribution >= 0.6 is 0 Å². The molecule has 1 N–H and O–H groups in total.